The fourth-order valence-electron chi connectivity index (χ4n) is 2.65. The van der Waals surface area contributed by atoms with Gasteiger partial charge in [-0.05, 0) is 42.3 Å². The predicted octanol–water partition coefficient (Wildman–Crippen LogP) is 3.23. The number of carbonyl (C=O) groups excluding carboxylic acids is 1. The number of hydrogen-bond acceptors (Lipinski definition) is 5. The third-order valence-corrected chi connectivity index (χ3v) is 4.15. The molecular weight excluding hydrogens is 350 g/mol. The van der Waals surface area contributed by atoms with E-state index >= 15 is 0 Å². The van der Waals surface area contributed by atoms with Crippen LogP contribution >= 0.6 is 0 Å². The SMILES string of the molecule is COc1ccc(NC(=O)C(C)Cc2ccc(OC)c(OC)c2)c(C(=O)O)c1. The summed E-state index contributed by atoms with van der Waals surface area (Å²) in [6, 6.07) is 9.95. The van der Waals surface area contributed by atoms with Crippen molar-refractivity contribution in [3.8, 4) is 17.2 Å². The van der Waals surface area contributed by atoms with Crippen molar-refractivity contribution in [2.75, 3.05) is 26.6 Å². The molecule has 1 amide bonds. The Hall–Kier alpha value is -3.22. The lowest BCUT2D eigenvalue weighted by molar-refractivity contribution is -0.119. The quantitative estimate of drug-likeness (QED) is 0.738. The summed E-state index contributed by atoms with van der Waals surface area (Å²) in [5.74, 6) is -0.196. The van der Waals surface area contributed by atoms with Crippen LogP contribution < -0.4 is 19.5 Å². The second-order valence-corrected chi connectivity index (χ2v) is 6.00. The molecule has 0 fully saturated rings. The zero-order valence-corrected chi connectivity index (χ0v) is 15.7. The van der Waals surface area contributed by atoms with E-state index in [1.807, 2.05) is 12.1 Å². The molecule has 27 heavy (non-hydrogen) atoms. The summed E-state index contributed by atoms with van der Waals surface area (Å²) in [6.07, 6.45) is 0.463. The molecule has 0 spiro atoms. The van der Waals surface area contributed by atoms with Gasteiger partial charge in [-0.3, -0.25) is 4.79 Å². The van der Waals surface area contributed by atoms with Gasteiger partial charge in [-0.25, -0.2) is 4.79 Å². The van der Waals surface area contributed by atoms with Crippen LogP contribution in [0, 0.1) is 5.92 Å². The largest absolute Gasteiger partial charge is 0.497 e. The van der Waals surface area contributed by atoms with Crippen molar-refractivity contribution in [3.63, 3.8) is 0 Å². The molecule has 2 aromatic rings. The first-order valence-corrected chi connectivity index (χ1v) is 8.32. The molecule has 0 aliphatic carbocycles. The molecule has 0 aromatic heterocycles. The molecule has 0 aliphatic heterocycles. The number of carbonyl (C=O) groups is 2. The van der Waals surface area contributed by atoms with Crippen molar-refractivity contribution < 1.29 is 28.9 Å². The summed E-state index contributed by atoms with van der Waals surface area (Å²) in [7, 11) is 4.56. The van der Waals surface area contributed by atoms with Gasteiger partial charge in [0.05, 0.1) is 32.6 Å². The number of anilines is 1. The second-order valence-electron chi connectivity index (χ2n) is 6.00. The van der Waals surface area contributed by atoms with Gasteiger partial charge in [-0.2, -0.15) is 0 Å². The lowest BCUT2D eigenvalue weighted by Gasteiger charge is -2.15. The molecular formula is C20H23NO6. The van der Waals surface area contributed by atoms with Gasteiger partial charge in [0.1, 0.15) is 5.75 Å². The van der Waals surface area contributed by atoms with Crippen LogP contribution in [0.1, 0.15) is 22.8 Å². The summed E-state index contributed by atoms with van der Waals surface area (Å²) >= 11 is 0. The van der Waals surface area contributed by atoms with Gasteiger partial charge in [-0.15, -0.1) is 0 Å². The Bertz CT molecular complexity index is 833. The molecule has 2 rings (SSSR count). The number of rotatable bonds is 8. The van der Waals surface area contributed by atoms with E-state index in [1.54, 1.807) is 33.3 Å². The number of aromatic carboxylic acids is 1. The van der Waals surface area contributed by atoms with Crippen molar-refractivity contribution >= 4 is 17.6 Å². The minimum atomic E-state index is -1.14. The Labute approximate surface area is 157 Å². The van der Waals surface area contributed by atoms with Crippen LogP contribution in [0.15, 0.2) is 36.4 Å². The van der Waals surface area contributed by atoms with Gasteiger partial charge >= 0.3 is 5.97 Å². The third-order valence-electron chi connectivity index (χ3n) is 4.15. The van der Waals surface area contributed by atoms with Crippen LogP contribution in [-0.2, 0) is 11.2 Å². The van der Waals surface area contributed by atoms with E-state index in [4.69, 9.17) is 14.2 Å². The van der Waals surface area contributed by atoms with E-state index in [2.05, 4.69) is 5.32 Å². The maximum Gasteiger partial charge on any atom is 0.337 e. The van der Waals surface area contributed by atoms with Gasteiger partial charge in [0.25, 0.3) is 0 Å². The minimum Gasteiger partial charge on any atom is -0.497 e. The highest BCUT2D eigenvalue weighted by atomic mass is 16.5. The van der Waals surface area contributed by atoms with E-state index in [0.29, 0.717) is 23.7 Å². The highest BCUT2D eigenvalue weighted by Crippen LogP contribution is 2.29. The number of carboxylic acids is 1. The van der Waals surface area contributed by atoms with E-state index in [9.17, 15) is 14.7 Å². The highest BCUT2D eigenvalue weighted by Gasteiger charge is 2.19. The molecule has 0 bridgehead atoms. The summed E-state index contributed by atoms with van der Waals surface area (Å²) in [6.45, 7) is 1.77. The van der Waals surface area contributed by atoms with Crippen molar-refractivity contribution in [3.05, 3.63) is 47.5 Å². The normalized spacial score (nSPS) is 11.4. The highest BCUT2D eigenvalue weighted by molar-refractivity contribution is 6.01. The number of ether oxygens (including phenoxy) is 3. The molecule has 2 aromatic carbocycles. The Morgan fingerprint density at radius 3 is 2.30 bits per heavy atom. The van der Waals surface area contributed by atoms with E-state index < -0.39 is 5.97 Å². The zero-order chi connectivity index (χ0) is 20.0. The molecule has 0 heterocycles. The van der Waals surface area contributed by atoms with Gasteiger partial charge in [-0.1, -0.05) is 13.0 Å². The maximum atomic E-state index is 12.5. The molecule has 0 radical (unpaired) electrons. The first kappa shape index (κ1) is 20.1. The molecule has 7 nitrogen and oxygen atoms in total. The standard InChI is InChI=1S/C20H23NO6/c1-12(9-13-5-8-17(26-3)18(10-13)27-4)19(22)21-16-7-6-14(25-2)11-15(16)20(23)24/h5-8,10-12H,9H2,1-4H3,(H,21,22)(H,23,24). The minimum absolute atomic E-state index is 0.0268. The molecule has 2 N–H and O–H groups in total. The van der Waals surface area contributed by atoms with Gasteiger partial charge in [0.2, 0.25) is 5.91 Å². The van der Waals surface area contributed by atoms with Gasteiger partial charge in [0.15, 0.2) is 11.5 Å². The van der Waals surface area contributed by atoms with E-state index in [-0.39, 0.29) is 23.1 Å². The lowest BCUT2D eigenvalue weighted by atomic mass is 9.99. The zero-order valence-electron chi connectivity index (χ0n) is 15.7. The van der Waals surface area contributed by atoms with Crippen LogP contribution in [0.25, 0.3) is 0 Å². The van der Waals surface area contributed by atoms with E-state index in [0.717, 1.165) is 5.56 Å². The molecule has 1 atom stereocenters. The fourth-order valence-corrected chi connectivity index (χ4v) is 2.65. The van der Waals surface area contributed by atoms with Crippen LogP contribution in [0.3, 0.4) is 0 Å². The summed E-state index contributed by atoms with van der Waals surface area (Å²) < 4.78 is 15.5. The Kier molecular flexibility index (Phi) is 6.65. The van der Waals surface area contributed by atoms with Crippen LogP contribution in [0.4, 0.5) is 5.69 Å². The fraction of sp³-hybridized carbons (Fsp3) is 0.300. The molecule has 0 saturated carbocycles. The monoisotopic (exact) mass is 373 g/mol. The Balaban J connectivity index is 2.13. The molecule has 0 aliphatic rings. The van der Waals surface area contributed by atoms with Gasteiger partial charge in [0, 0.05) is 5.92 Å². The van der Waals surface area contributed by atoms with Crippen molar-refractivity contribution in [2.24, 2.45) is 5.92 Å². The summed E-state index contributed by atoms with van der Waals surface area (Å²) in [5.41, 5.74) is 1.11. The van der Waals surface area contributed by atoms with Crippen molar-refractivity contribution in [1.29, 1.82) is 0 Å². The Morgan fingerprint density at radius 1 is 1.00 bits per heavy atom. The number of carboxylic acid groups (broad SMARTS) is 1. The predicted molar refractivity (Wildman–Crippen MR) is 101 cm³/mol. The van der Waals surface area contributed by atoms with Crippen LogP contribution in [0.2, 0.25) is 0 Å². The molecule has 1 unspecified atom stereocenters. The number of amides is 1. The number of benzene rings is 2. The van der Waals surface area contributed by atoms with Crippen LogP contribution in [0.5, 0.6) is 17.2 Å². The topological polar surface area (TPSA) is 94.1 Å². The van der Waals surface area contributed by atoms with Gasteiger partial charge < -0.3 is 24.6 Å². The molecule has 7 heteroatoms. The average molecular weight is 373 g/mol. The van der Waals surface area contributed by atoms with Crippen molar-refractivity contribution in [1.82, 2.24) is 0 Å². The number of methoxy groups -OCH3 is 3. The molecule has 0 saturated heterocycles. The lowest BCUT2D eigenvalue weighted by Crippen LogP contribution is -2.23. The Morgan fingerprint density at radius 2 is 1.70 bits per heavy atom. The third kappa shape index (κ3) is 4.91. The second kappa shape index (κ2) is 8.93. The van der Waals surface area contributed by atoms with Crippen LogP contribution in [-0.4, -0.2) is 38.3 Å². The number of hydrogen-bond donors (Lipinski definition) is 2. The molecule has 144 valence electrons. The summed E-state index contributed by atoms with van der Waals surface area (Å²) in [4.78, 5) is 24.0. The maximum absolute atomic E-state index is 12.5. The van der Waals surface area contributed by atoms with Crippen molar-refractivity contribution in [2.45, 2.75) is 13.3 Å². The smallest absolute Gasteiger partial charge is 0.337 e. The van der Waals surface area contributed by atoms with E-state index in [1.165, 1.54) is 19.2 Å². The average Bonchev–Trinajstić information content (AvgIpc) is 2.67. The first-order valence-electron chi connectivity index (χ1n) is 8.32. The number of nitrogens with one attached hydrogen (secondary N) is 1. The first-order chi connectivity index (χ1) is 12.9. The summed E-state index contributed by atoms with van der Waals surface area (Å²) in [5, 5.41) is 12.0.